The minimum absolute atomic E-state index is 0.308. The molecule has 110 valence electrons. The Labute approximate surface area is 120 Å². The van der Waals surface area contributed by atoms with Gasteiger partial charge in [-0.25, -0.2) is 9.78 Å². The van der Waals surface area contributed by atoms with E-state index in [4.69, 9.17) is 4.74 Å². The van der Waals surface area contributed by atoms with Crippen LogP contribution in [0.1, 0.15) is 62.2 Å². The number of hydrogen-bond acceptors (Lipinski definition) is 4. The van der Waals surface area contributed by atoms with Crippen LogP contribution in [-0.2, 0) is 4.74 Å². The highest BCUT2D eigenvalue weighted by Gasteiger charge is 2.12. The van der Waals surface area contributed by atoms with Gasteiger partial charge in [-0.05, 0) is 31.9 Å². The van der Waals surface area contributed by atoms with Gasteiger partial charge in [0.2, 0.25) is 0 Å². The molecule has 0 aliphatic heterocycles. The van der Waals surface area contributed by atoms with Gasteiger partial charge in [0.05, 0.1) is 12.2 Å². The van der Waals surface area contributed by atoms with E-state index in [-0.39, 0.29) is 5.97 Å². The molecular weight excluding hydrogens is 252 g/mol. The van der Waals surface area contributed by atoms with Crippen LogP contribution in [0.4, 0.5) is 5.82 Å². The van der Waals surface area contributed by atoms with Crippen molar-refractivity contribution < 1.29 is 9.53 Å². The molecular formula is C16H24N2O2. The van der Waals surface area contributed by atoms with Crippen LogP contribution in [0.15, 0.2) is 18.3 Å². The van der Waals surface area contributed by atoms with E-state index >= 15 is 0 Å². The number of carbonyl (C=O) groups excluding carboxylic acids is 1. The summed E-state index contributed by atoms with van der Waals surface area (Å²) < 4.78 is 4.95. The van der Waals surface area contributed by atoms with E-state index in [0.29, 0.717) is 18.2 Å². The van der Waals surface area contributed by atoms with Crippen LogP contribution in [-0.4, -0.2) is 23.6 Å². The number of nitrogens with one attached hydrogen (secondary N) is 1. The van der Waals surface area contributed by atoms with Gasteiger partial charge in [0.25, 0.3) is 0 Å². The summed E-state index contributed by atoms with van der Waals surface area (Å²) in [5.41, 5.74) is 0.509. The lowest BCUT2D eigenvalue weighted by atomic mass is 9.97. The van der Waals surface area contributed by atoms with Gasteiger partial charge in [-0.1, -0.05) is 32.1 Å². The minimum Gasteiger partial charge on any atom is -0.462 e. The van der Waals surface area contributed by atoms with Crippen molar-refractivity contribution in [2.75, 3.05) is 11.9 Å². The molecule has 1 aliphatic rings. The number of pyridine rings is 1. The first-order chi connectivity index (χ1) is 9.79. The first-order valence-electron chi connectivity index (χ1n) is 7.69. The van der Waals surface area contributed by atoms with E-state index in [0.717, 1.165) is 5.82 Å². The topological polar surface area (TPSA) is 51.2 Å². The van der Waals surface area contributed by atoms with Crippen molar-refractivity contribution in [3.8, 4) is 0 Å². The standard InChI is InChI=1S/C16H24N2O2/c1-2-20-16(19)13-10-11-15(17-12-13)18-14-8-6-4-3-5-7-9-14/h10-12,14H,2-9H2,1H3,(H,17,18). The predicted molar refractivity (Wildman–Crippen MR) is 79.9 cm³/mol. The maximum atomic E-state index is 11.5. The summed E-state index contributed by atoms with van der Waals surface area (Å²) in [6.45, 7) is 2.19. The Kier molecular flexibility index (Phi) is 5.84. The van der Waals surface area contributed by atoms with Gasteiger partial charge in [0.15, 0.2) is 0 Å². The molecule has 1 aromatic rings. The van der Waals surface area contributed by atoms with Gasteiger partial charge < -0.3 is 10.1 Å². The van der Waals surface area contributed by atoms with Crippen molar-refractivity contribution in [1.82, 2.24) is 4.98 Å². The van der Waals surface area contributed by atoms with E-state index in [1.54, 1.807) is 19.2 Å². The molecule has 20 heavy (non-hydrogen) atoms. The lowest BCUT2D eigenvalue weighted by molar-refractivity contribution is 0.0526. The highest BCUT2D eigenvalue weighted by Crippen LogP contribution is 2.20. The molecule has 1 aliphatic carbocycles. The van der Waals surface area contributed by atoms with Gasteiger partial charge in [0.1, 0.15) is 5.82 Å². The third-order valence-corrected chi connectivity index (χ3v) is 3.73. The van der Waals surface area contributed by atoms with E-state index < -0.39 is 0 Å². The van der Waals surface area contributed by atoms with Crippen molar-refractivity contribution >= 4 is 11.8 Å². The van der Waals surface area contributed by atoms with Crippen molar-refractivity contribution in [3.63, 3.8) is 0 Å². The number of ether oxygens (including phenoxy) is 1. The van der Waals surface area contributed by atoms with E-state index in [9.17, 15) is 4.79 Å². The molecule has 0 aromatic carbocycles. The van der Waals surface area contributed by atoms with Gasteiger partial charge >= 0.3 is 5.97 Å². The molecule has 0 unspecified atom stereocenters. The van der Waals surface area contributed by atoms with Crippen molar-refractivity contribution in [3.05, 3.63) is 23.9 Å². The van der Waals surface area contributed by atoms with Crippen molar-refractivity contribution in [2.45, 2.75) is 57.9 Å². The molecule has 1 N–H and O–H groups in total. The Morgan fingerprint density at radius 3 is 2.55 bits per heavy atom. The zero-order valence-electron chi connectivity index (χ0n) is 12.2. The molecule has 0 spiro atoms. The molecule has 1 heterocycles. The highest BCUT2D eigenvalue weighted by molar-refractivity contribution is 5.89. The Morgan fingerprint density at radius 1 is 1.25 bits per heavy atom. The molecule has 4 nitrogen and oxygen atoms in total. The molecule has 2 rings (SSSR count). The smallest absolute Gasteiger partial charge is 0.339 e. The number of carbonyl (C=O) groups is 1. The normalized spacial score (nSPS) is 17.1. The summed E-state index contributed by atoms with van der Waals surface area (Å²) in [6, 6.07) is 4.15. The average molecular weight is 276 g/mol. The number of nitrogens with zero attached hydrogens (tertiary/aromatic N) is 1. The minimum atomic E-state index is -0.308. The van der Waals surface area contributed by atoms with Crippen LogP contribution in [0.5, 0.6) is 0 Å². The number of aromatic nitrogens is 1. The molecule has 0 amide bonds. The third-order valence-electron chi connectivity index (χ3n) is 3.73. The quantitative estimate of drug-likeness (QED) is 0.850. The summed E-state index contributed by atoms with van der Waals surface area (Å²) in [4.78, 5) is 15.9. The summed E-state index contributed by atoms with van der Waals surface area (Å²) in [7, 11) is 0. The van der Waals surface area contributed by atoms with Gasteiger partial charge in [-0.2, -0.15) is 0 Å². The zero-order chi connectivity index (χ0) is 14.2. The molecule has 1 fully saturated rings. The third kappa shape index (κ3) is 4.51. The first kappa shape index (κ1) is 14.8. The number of esters is 1. The van der Waals surface area contributed by atoms with E-state index in [1.165, 1.54) is 44.9 Å². The van der Waals surface area contributed by atoms with E-state index in [2.05, 4.69) is 10.3 Å². The lowest BCUT2D eigenvalue weighted by Crippen LogP contribution is -2.21. The van der Waals surface area contributed by atoms with Gasteiger partial charge in [-0.15, -0.1) is 0 Å². The van der Waals surface area contributed by atoms with Crippen LogP contribution in [0.2, 0.25) is 0 Å². The summed E-state index contributed by atoms with van der Waals surface area (Å²) in [5.74, 6) is 0.543. The molecule has 1 saturated carbocycles. The Balaban J connectivity index is 1.90. The second-order valence-electron chi connectivity index (χ2n) is 5.34. The fourth-order valence-corrected chi connectivity index (χ4v) is 2.62. The second kappa shape index (κ2) is 7.88. The zero-order valence-corrected chi connectivity index (χ0v) is 12.2. The fourth-order valence-electron chi connectivity index (χ4n) is 2.62. The summed E-state index contributed by atoms with van der Waals surface area (Å²) in [6.07, 6.45) is 10.6. The summed E-state index contributed by atoms with van der Waals surface area (Å²) in [5, 5.41) is 3.48. The number of hydrogen-bond donors (Lipinski definition) is 1. The van der Waals surface area contributed by atoms with Gasteiger partial charge in [-0.3, -0.25) is 0 Å². The highest BCUT2D eigenvalue weighted by atomic mass is 16.5. The molecule has 0 radical (unpaired) electrons. The Bertz CT molecular complexity index is 409. The maximum Gasteiger partial charge on any atom is 0.339 e. The maximum absolute atomic E-state index is 11.5. The fraction of sp³-hybridized carbons (Fsp3) is 0.625. The molecule has 0 atom stereocenters. The predicted octanol–water partition coefficient (Wildman–Crippen LogP) is 3.78. The number of rotatable bonds is 4. The molecule has 4 heteroatoms. The number of anilines is 1. The van der Waals surface area contributed by atoms with Gasteiger partial charge in [0, 0.05) is 12.2 Å². The molecule has 1 aromatic heterocycles. The van der Waals surface area contributed by atoms with Crippen LogP contribution in [0, 0.1) is 0 Å². The molecule has 0 bridgehead atoms. The van der Waals surface area contributed by atoms with Crippen LogP contribution < -0.4 is 5.32 Å². The van der Waals surface area contributed by atoms with Crippen LogP contribution in [0.25, 0.3) is 0 Å². The summed E-state index contributed by atoms with van der Waals surface area (Å²) >= 11 is 0. The van der Waals surface area contributed by atoms with Crippen LogP contribution in [0.3, 0.4) is 0 Å². The Morgan fingerprint density at radius 2 is 1.95 bits per heavy atom. The second-order valence-corrected chi connectivity index (χ2v) is 5.34. The largest absolute Gasteiger partial charge is 0.462 e. The first-order valence-corrected chi connectivity index (χ1v) is 7.69. The monoisotopic (exact) mass is 276 g/mol. The lowest BCUT2D eigenvalue weighted by Gasteiger charge is -2.21. The average Bonchev–Trinajstić information content (AvgIpc) is 2.43. The van der Waals surface area contributed by atoms with Crippen molar-refractivity contribution in [1.29, 1.82) is 0 Å². The van der Waals surface area contributed by atoms with Crippen molar-refractivity contribution in [2.24, 2.45) is 0 Å². The van der Waals surface area contributed by atoms with Crippen LogP contribution >= 0.6 is 0 Å². The Hall–Kier alpha value is -1.58. The SMILES string of the molecule is CCOC(=O)c1ccc(NC2CCCCCCC2)nc1. The van der Waals surface area contributed by atoms with E-state index in [1.807, 2.05) is 6.07 Å². The molecule has 0 saturated heterocycles.